The van der Waals surface area contributed by atoms with Gasteiger partial charge in [0.1, 0.15) is 0 Å². The average molecular weight is 208 g/mol. The van der Waals surface area contributed by atoms with Crippen LogP contribution in [0, 0.1) is 6.92 Å². The van der Waals surface area contributed by atoms with Gasteiger partial charge in [-0.25, -0.2) is 0 Å². The molecule has 0 radical (unpaired) electrons. The number of hydrazine groups is 1. The van der Waals surface area contributed by atoms with E-state index in [1.807, 2.05) is 37.3 Å². The van der Waals surface area contributed by atoms with Crippen molar-refractivity contribution in [2.45, 2.75) is 6.92 Å². The lowest BCUT2D eigenvalue weighted by molar-refractivity contribution is 1.18. The zero-order chi connectivity index (χ0) is 9.97. The molecule has 0 amide bonds. The lowest BCUT2D eigenvalue weighted by Crippen LogP contribution is -2.09. The maximum absolute atomic E-state index is 5.41. The Labute approximate surface area is 87.2 Å². The molecule has 2 N–H and O–H groups in total. The molecule has 72 valence electrons. The molecule has 0 saturated heterocycles. The quantitative estimate of drug-likeness (QED) is 0.587. The topological polar surface area (TPSA) is 37.0 Å². The summed E-state index contributed by atoms with van der Waals surface area (Å²) in [7, 11) is 0. The lowest BCUT2D eigenvalue weighted by Gasteiger charge is -2.07. The number of fused-ring (bicyclic) bond motifs is 1. The largest absolute Gasteiger partial charge is 0.307 e. The summed E-state index contributed by atoms with van der Waals surface area (Å²) in [5.41, 5.74) is 5.72. The number of para-hydroxylation sites is 1. The van der Waals surface area contributed by atoms with Gasteiger partial charge in [0.05, 0.1) is 11.2 Å². The monoisotopic (exact) mass is 207 g/mol. The number of halogens is 1. The van der Waals surface area contributed by atoms with Gasteiger partial charge in [-0.15, -0.1) is 4.94 Å². The van der Waals surface area contributed by atoms with Gasteiger partial charge in [0.15, 0.2) is 0 Å². The Balaban J connectivity index is 2.67. The maximum Gasteiger partial charge on any atom is 0.0726 e. The predicted molar refractivity (Wildman–Crippen MR) is 59.1 cm³/mol. The molecule has 1 aromatic heterocycles. The molecule has 0 fully saturated rings. The van der Waals surface area contributed by atoms with E-state index in [-0.39, 0.29) is 0 Å². The highest BCUT2D eigenvalue weighted by Gasteiger charge is 2.01. The van der Waals surface area contributed by atoms with E-state index in [9.17, 15) is 0 Å². The zero-order valence-electron chi connectivity index (χ0n) is 7.71. The van der Waals surface area contributed by atoms with Crippen LogP contribution in [0.3, 0.4) is 0 Å². The summed E-state index contributed by atoms with van der Waals surface area (Å²) in [5.74, 6) is 0. The third-order valence-corrected chi connectivity index (χ3v) is 2.12. The van der Waals surface area contributed by atoms with Gasteiger partial charge in [-0.1, -0.05) is 18.2 Å². The first-order chi connectivity index (χ1) is 6.81. The van der Waals surface area contributed by atoms with E-state index in [1.54, 1.807) is 0 Å². The van der Waals surface area contributed by atoms with Crippen LogP contribution in [0.4, 0.5) is 5.69 Å². The zero-order valence-corrected chi connectivity index (χ0v) is 8.47. The van der Waals surface area contributed by atoms with Gasteiger partial charge >= 0.3 is 0 Å². The number of benzene rings is 1. The minimum absolute atomic E-state index is 0.933. The van der Waals surface area contributed by atoms with E-state index >= 15 is 0 Å². The van der Waals surface area contributed by atoms with Crippen LogP contribution in [0.25, 0.3) is 10.9 Å². The van der Waals surface area contributed by atoms with Gasteiger partial charge in [0.25, 0.3) is 0 Å². The Morgan fingerprint density at radius 1 is 1.29 bits per heavy atom. The van der Waals surface area contributed by atoms with Crippen molar-refractivity contribution in [3.8, 4) is 0 Å². The van der Waals surface area contributed by atoms with Crippen LogP contribution in [0.2, 0.25) is 0 Å². The first kappa shape index (κ1) is 9.24. The number of hydrogen-bond acceptors (Lipinski definition) is 3. The molecule has 14 heavy (non-hydrogen) atoms. The third-order valence-electron chi connectivity index (χ3n) is 2.03. The van der Waals surface area contributed by atoms with Crippen LogP contribution in [0.1, 0.15) is 5.69 Å². The van der Waals surface area contributed by atoms with E-state index in [0.717, 1.165) is 22.3 Å². The van der Waals surface area contributed by atoms with Crippen molar-refractivity contribution in [3.05, 3.63) is 36.0 Å². The van der Waals surface area contributed by atoms with Crippen molar-refractivity contribution < 1.29 is 0 Å². The Morgan fingerprint density at radius 3 is 2.86 bits per heavy atom. The fraction of sp³-hybridized carbons (Fsp3) is 0.100. The number of anilines is 1. The summed E-state index contributed by atoms with van der Waals surface area (Å²) in [6, 6.07) is 9.85. The van der Waals surface area contributed by atoms with Crippen LogP contribution in [-0.4, -0.2) is 4.98 Å². The van der Waals surface area contributed by atoms with Crippen LogP contribution in [0.15, 0.2) is 30.3 Å². The van der Waals surface area contributed by atoms with Crippen molar-refractivity contribution in [2.24, 2.45) is 0 Å². The van der Waals surface area contributed by atoms with Crippen LogP contribution >= 0.6 is 11.8 Å². The van der Waals surface area contributed by atoms with Crippen molar-refractivity contribution in [1.29, 1.82) is 0 Å². The minimum Gasteiger partial charge on any atom is -0.307 e. The highest BCUT2D eigenvalue weighted by Crippen LogP contribution is 2.21. The van der Waals surface area contributed by atoms with E-state index in [0.29, 0.717) is 0 Å². The van der Waals surface area contributed by atoms with Gasteiger partial charge in [0.2, 0.25) is 0 Å². The first-order valence-corrected chi connectivity index (χ1v) is 4.67. The number of nitrogens with zero attached hydrogens (tertiary/aromatic N) is 1. The van der Waals surface area contributed by atoms with Crippen LogP contribution < -0.4 is 10.4 Å². The van der Waals surface area contributed by atoms with Crippen molar-refractivity contribution in [3.63, 3.8) is 0 Å². The van der Waals surface area contributed by atoms with Gasteiger partial charge in [0, 0.05) is 11.1 Å². The summed E-state index contributed by atoms with van der Waals surface area (Å²) in [5, 5.41) is 1.05. The molecule has 4 heteroatoms. The molecule has 0 atom stereocenters. The molecule has 0 aliphatic rings. The molecule has 3 nitrogen and oxygen atoms in total. The normalized spacial score (nSPS) is 10.4. The molecule has 0 saturated carbocycles. The summed E-state index contributed by atoms with van der Waals surface area (Å²) >= 11 is 5.41. The average Bonchev–Trinajstić information content (AvgIpc) is 2.18. The number of hydrogen-bond donors (Lipinski definition) is 2. The maximum atomic E-state index is 5.41. The predicted octanol–water partition coefficient (Wildman–Crippen LogP) is 2.61. The van der Waals surface area contributed by atoms with Gasteiger partial charge in [-0.3, -0.25) is 4.98 Å². The lowest BCUT2D eigenvalue weighted by atomic mass is 10.1. The standard InChI is InChI=1S/C10H10ClN3/c1-7-6-10(13-14-11)8-4-2-3-5-9(8)12-7/h2-6,14H,1H3,(H,12,13). The Kier molecular flexibility index (Phi) is 2.52. The summed E-state index contributed by atoms with van der Waals surface area (Å²) in [4.78, 5) is 6.81. The molecular weight excluding hydrogens is 198 g/mol. The second kappa shape index (κ2) is 3.82. The molecule has 0 unspecified atom stereocenters. The van der Waals surface area contributed by atoms with E-state index in [4.69, 9.17) is 11.8 Å². The minimum atomic E-state index is 0.933. The summed E-state index contributed by atoms with van der Waals surface area (Å²) in [6.45, 7) is 1.95. The van der Waals surface area contributed by atoms with Gasteiger partial charge in [-0.2, -0.15) is 0 Å². The fourth-order valence-corrected chi connectivity index (χ4v) is 1.56. The number of aryl methyl sites for hydroxylation is 1. The summed E-state index contributed by atoms with van der Waals surface area (Å²) in [6.07, 6.45) is 0. The Bertz CT molecular complexity index is 456. The number of rotatable bonds is 2. The van der Waals surface area contributed by atoms with Crippen LogP contribution in [0.5, 0.6) is 0 Å². The Morgan fingerprint density at radius 2 is 2.07 bits per heavy atom. The second-order valence-electron chi connectivity index (χ2n) is 3.05. The molecule has 1 heterocycles. The second-order valence-corrected chi connectivity index (χ2v) is 3.24. The number of nitrogens with one attached hydrogen (secondary N) is 2. The first-order valence-electron chi connectivity index (χ1n) is 4.29. The molecule has 1 aromatic carbocycles. The Hall–Kier alpha value is -1.32. The molecular formula is C10H10ClN3. The van der Waals surface area contributed by atoms with Crippen molar-refractivity contribution in [1.82, 2.24) is 9.93 Å². The highest BCUT2D eigenvalue weighted by atomic mass is 35.5. The molecule has 0 spiro atoms. The molecule has 0 aliphatic carbocycles. The van der Waals surface area contributed by atoms with Gasteiger partial charge in [-0.05, 0) is 30.8 Å². The highest BCUT2D eigenvalue weighted by molar-refractivity contribution is 6.14. The number of aromatic nitrogens is 1. The SMILES string of the molecule is Cc1cc(NNCl)c2ccccc2n1. The summed E-state index contributed by atoms with van der Waals surface area (Å²) < 4.78 is 0. The fourth-order valence-electron chi connectivity index (χ4n) is 1.46. The van der Waals surface area contributed by atoms with Gasteiger partial charge < -0.3 is 5.43 Å². The van der Waals surface area contributed by atoms with Crippen molar-refractivity contribution in [2.75, 3.05) is 5.43 Å². The third kappa shape index (κ3) is 1.64. The molecule has 2 rings (SSSR count). The molecule has 2 aromatic rings. The van der Waals surface area contributed by atoms with E-state index in [1.165, 1.54) is 0 Å². The smallest absolute Gasteiger partial charge is 0.0726 e. The van der Waals surface area contributed by atoms with E-state index < -0.39 is 0 Å². The van der Waals surface area contributed by atoms with Crippen molar-refractivity contribution >= 4 is 28.4 Å². The van der Waals surface area contributed by atoms with Crippen LogP contribution in [-0.2, 0) is 0 Å². The molecule has 0 aliphatic heterocycles. The molecule has 0 bridgehead atoms. The number of pyridine rings is 1. The van der Waals surface area contributed by atoms with E-state index in [2.05, 4.69) is 15.4 Å².